The van der Waals surface area contributed by atoms with Crippen LogP contribution in [0.15, 0.2) is 18.2 Å². The molecule has 0 atom stereocenters. The van der Waals surface area contributed by atoms with Crippen molar-refractivity contribution in [3.05, 3.63) is 33.9 Å². The van der Waals surface area contributed by atoms with E-state index >= 15 is 0 Å². The highest BCUT2D eigenvalue weighted by molar-refractivity contribution is 5.95. The Labute approximate surface area is 103 Å². The zero-order chi connectivity index (χ0) is 13.5. The van der Waals surface area contributed by atoms with Gasteiger partial charge in [-0.05, 0) is 6.07 Å². The molecule has 0 saturated heterocycles. The molecule has 0 aromatic heterocycles. The number of nitrogens with zero attached hydrogens (tertiary/aromatic N) is 2. The van der Waals surface area contributed by atoms with Crippen molar-refractivity contribution >= 4 is 11.6 Å². The highest BCUT2D eigenvalue weighted by Crippen LogP contribution is 2.27. The molecule has 1 N–H and O–H groups in total. The lowest BCUT2D eigenvalue weighted by molar-refractivity contribution is -0.385. The summed E-state index contributed by atoms with van der Waals surface area (Å²) in [5.41, 5.74) is 0.0430. The Morgan fingerprint density at radius 1 is 1.61 bits per heavy atom. The quantitative estimate of drug-likeness (QED) is 0.480. The minimum absolute atomic E-state index is 0.0212. The average molecular weight is 249 g/mol. The summed E-state index contributed by atoms with van der Waals surface area (Å²) in [4.78, 5) is 21.7. The van der Waals surface area contributed by atoms with E-state index in [0.717, 1.165) is 0 Å². The zero-order valence-electron chi connectivity index (χ0n) is 9.67. The minimum atomic E-state index is -0.587. The second-order valence-corrected chi connectivity index (χ2v) is 3.31. The number of nitro groups is 1. The van der Waals surface area contributed by atoms with Gasteiger partial charge in [0.05, 0.1) is 24.5 Å². The topological polar surface area (TPSA) is 105 Å². The molecule has 7 heteroatoms. The van der Waals surface area contributed by atoms with E-state index in [-0.39, 0.29) is 30.0 Å². The molecule has 0 saturated carbocycles. The monoisotopic (exact) mass is 249 g/mol. The third-order valence-corrected chi connectivity index (χ3v) is 2.16. The van der Waals surface area contributed by atoms with Crippen molar-refractivity contribution in [2.45, 2.75) is 6.42 Å². The second kappa shape index (κ2) is 6.20. The van der Waals surface area contributed by atoms with Crippen LogP contribution in [0.25, 0.3) is 0 Å². The predicted octanol–water partition coefficient (Wildman–Crippen LogP) is 1.25. The van der Waals surface area contributed by atoms with Crippen molar-refractivity contribution in [2.75, 3.05) is 13.7 Å². The number of nitro benzene ring substituents is 1. The van der Waals surface area contributed by atoms with Crippen LogP contribution in [0.3, 0.4) is 0 Å². The first-order valence-corrected chi connectivity index (χ1v) is 5.07. The molecular formula is C11H11N3O4. The Morgan fingerprint density at radius 2 is 2.33 bits per heavy atom. The molecule has 0 bridgehead atoms. The van der Waals surface area contributed by atoms with Crippen molar-refractivity contribution in [3.63, 3.8) is 0 Å². The number of amides is 1. The molecule has 1 amide bonds. The third kappa shape index (κ3) is 3.18. The number of carbonyl (C=O) groups excluding carboxylic acids is 1. The fourth-order valence-corrected chi connectivity index (χ4v) is 1.30. The number of carbonyl (C=O) groups is 1. The lowest BCUT2D eigenvalue weighted by atomic mass is 10.1. The number of hydrogen-bond acceptors (Lipinski definition) is 5. The van der Waals surface area contributed by atoms with Gasteiger partial charge in [-0.3, -0.25) is 14.9 Å². The second-order valence-electron chi connectivity index (χ2n) is 3.31. The smallest absolute Gasteiger partial charge is 0.310 e. The van der Waals surface area contributed by atoms with Gasteiger partial charge in [0.1, 0.15) is 0 Å². The molecule has 0 spiro atoms. The van der Waals surface area contributed by atoms with Gasteiger partial charge >= 0.3 is 5.69 Å². The van der Waals surface area contributed by atoms with E-state index in [1.807, 2.05) is 6.07 Å². The number of ether oxygens (including phenoxy) is 1. The Bertz CT molecular complexity index is 508. The summed E-state index contributed by atoms with van der Waals surface area (Å²) in [6.07, 6.45) is 0.204. The SMILES string of the molecule is COc1cc(C(=O)NCCC#N)ccc1[N+](=O)[O-]. The first kappa shape index (κ1) is 13.4. The summed E-state index contributed by atoms with van der Waals surface area (Å²) < 4.78 is 4.85. The van der Waals surface area contributed by atoms with Crippen LogP contribution in [-0.4, -0.2) is 24.5 Å². The number of nitriles is 1. The molecule has 1 aromatic rings. The Hall–Kier alpha value is -2.62. The molecule has 0 unspecified atom stereocenters. The van der Waals surface area contributed by atoms with Gasteiger partial charge in [-0.1, -0.05) is 0 Å². The van der Waals surface area contributed by atoms with Crippen LogP contribution in [0, 0.1) is 21.4 Å². The van der Waals surface area contributed by atoms with Crippen molar-refractivity contribution < 1.29 is 14.5 Å². The fraction of sp³-hybridized carbons (Fsp3) is 0.273. The summed E-state index contributed by atoms with van der Waals surface area (Å²) in [5.74, 6) is -0.383. The molecule has 0 fully saturated rings. The summed E-state index contributed by atoms with van der Waals surface area (Å²) in [5, 5.41) is 21.5. The Balaban J connectivity index is 2.89. The summed E-state index contributed by atoms with van der Waals surface area (Å²) in [6.45, 7) is 0.231. The molecule has 18 heavy (non-hydrogen) atoms. The summed E-state index contributed by atoms with van der Waals surface area (Å²) in [6, 6.07) is 5.73. The molecule has 1 rings (SSSR count). The van der Waals surface area contributed by atoms with Crippen LogP contribution in [0.4, 0.5) is 5.69 Å². The van der Waals surface area contributed by atoms with Crippen LogP contribution in [-0.2, 0) is 0 Å². The van der Waals surface area contributed by atoms with Crippen LogP contribution in [0.2, 0.25) is 0 Å². The van der Waals surface area contributed by atoms with Gasteiger partial charge in [0.15, 0.2) is 5.75 Å². The number of hydrogen-bond donors (Lipinski definition) is 1. The van der Waals surface area contributed by atoms with E-state index in [1.165, 1.54) is 25.3 Å². The summed E-state index contributed by atoms with van der Waals surface area (Å²) >= 11 is 0. The molecule has 0 aliphatic carbocycles. The highest BCUT2D eigenvalue weighted by Gasteiger charge is 2.17. The van der Waals surface area contributed by atoms with E-state index in [0.29, 0.717) is 0 Å². The van der Waals surface area contributed by atoms with Crippen LogP contribution in [0.1, 0.15) is 16.8 Å². The maximum atomic E-state index is 11.6. The maximum absolute atomic E-state index is 11.6. The van der Waals surface area contributed by atoms with E-state index in [1.54, 1.807) is 0 Å². The lowest BCUT2D eigenvalue weighted by Crippen LogP contribution is -2.24. The van der Waals surface area contributed by atoms with Gasteiger partial charge in [0, 0.05) is 24.2 Å². The highest BCUT2D eigenvalue weighted by atomic mass is 16.6. The number of benzene rings is 1. The van der Waals surface area contributed by atoms with E-state index < -0.39 is 10.8 Å². The van der Waals surface area contributed by atoms with E-state index in [9.17, 15) is 14.9 Å². The standard InChI is InChI=1S/C11H11N3O4/c1-18-10-7-8(3-4-9(10)14(16)17)11(15)13-6-2-5-12/h3-4,7H,2,6H2,1H3,(H,13,15). The third-order valence-electron chi connectivity index (χ3n) is 2.16. The molecule has 1 aromatic carbocycles. The lowest BCUT2D eigenvalue weighted by Gasteiger charge is -2.05. The Kier molecular flexibility index (Phi) is 4.63. The largest absolute Gasteiger partial charge is 0.490 e. The van der Waals surface area contributed by atoms with Gasteiger partial charge in [-0.2, -0.15) is 5.26 Å². The zero-order valence-corrected chi connectivity index (χ0v) is 9.67. The van der Waals surface area contributed by atoms with Crippen LogP contribution >= 0.6 is 0 Å². The van der Waals surface area contributed by atoms with Crippen molar-refractivity contribution in [1.82, 2.24) is 5.32 Å². The number of nitrogens with one attached hydrogen (secondary N) is 1. The predicted molar refractivity (Wildman–Crippen MR) is 62.2 cm³/mol. The molecule has 7 nitrogen and oxygen atoms in total. The molecule has 0 radical (unpaired) electrons. The van der Waals surface area contributed by atoms with Crippen LogP contribution in [0.5, 0.6) is 5.75 Å². The van der Waals surface area contributed by atoms with Gasteiger partial charge in [-0.15, -0.1) is 0 Å². The average Bonchev–Trinajstić information content (AvgIpc) is 2.37. The number of methoxy groups -OCH3 is 1. The van der Waals surface area contributed by atoms with Gasteiger partial charge in [0.2, 0.25) is 0 Å². The van der Waals surface area contributed by atoms with Crippen LogP contribution < -0.4 is 10.1 Å². The molecule has 0 aliphatic heterocycles. The molecule has 94 valence electrons. The number of rotatable bonds is 5. The van der Waals surface area contributed by atoms with Gasteiger partial charge in [0.25, 0.3) is 5.91 Å². The first-order valence-electron chi connectivity index (χ1n) is 5.07. The minimum Gasteiger partial charge on any atom is -0.490 e. The fourth-order valence-electron chi connectivity index (χ4n) is 1.30. The molecule has 0 aliphatic rings. The van der Waals surface area contributed by atoms with Crippen molar-refractivity contribution in [2.24, 2.45) is 0 Å². The van der Waals surface area contributed by atoms with E-state index in [4.69, 9.17) is 10.00 Å². The molecule has 0 heterocycles. The van der Waals surface area contributed by atoms with Gasteiger partial charge < -0.3 is 10.1 Å². The molecular weight excluding hydrogens is 238 g/mol. The first-order chi connectivity index (χ1) is 8.60. The van der Waals surface area contributed by atoms with Gasteiger partial charge in [-0.25, -0.2) is 0 Å². The van der Waals surface area contributed by atoms with Crippen molar-refractivity contribution in [1.29, 1.82) is 5.26 Å². The normalized spacial score (nSPS) is 9.33. The summed E-state index contributed by atoms with van der Waals surface area (Å²) in [7, 11) is 1.29. The maximum Gasteiger partial charge on any atom is 0.310 e. The van der Waals surface area contributed by atoms with E-state index in [2.05, 4.69) is 5.32 Å². The van der Waals surface area contributed by atoms with Crippen molar-refractivity contribution in [3.8, 4) is 11.8 Å². The Morgan fingerprint density at radius 3 is 2.89 bits per heavy atom.